The van der Waals surface area contributed by atoms with Crippen molar-refractivity contribution in [2.24, 2.45) is 5.73 Å². The first-order chi connectivity index (χ1) is 13.0. The Labute approximate surface area is 157 Å². The van der Waals surface area contributed by atoms with E-state index in [1.165, 1.54) is 24.3 Å². The first-order valence-electron chi connectivity index (χ1n) is 8.85. The molecule has 0 saturated carbocycles. The molecule has 2 aromatic rings. The molecule has 3 amide bonds. The van der Waals surface area contributed by atoms with Crippen molar-refractivity contribution in [3.05, 3.63) is 59.9 Å². The number of benzene rings is 2. The summed E-state index contributed by atoms with van der Waals surface area (Å²) in [6.45, 7) is 2.67. The van der Waals surface area contributed by atoms with Crippen molar-refractivity contribution in [1.29, 1.82) is 0 Å². The van der Waals surface area contributed by atoms with E-state index in [0.29, 0.717) is 36.6 Å². The highest BCUT2D eigenvalue weighted by atomic mass is 19.1. The zero-order valence-electron chi connectivity index (χ0n) is 15.1. The third kappa shape index (κ3) is 3.58. The number of ether oxygens (including phenoxy) is 1. The SMILES string of the molecule is CCC(NC(=O)N1CCCOc2ccccc21)(C(N)=O)c1ccc(F)cc1. The van der Waals surface area contributed by atoms with Crippen molar-refractivity contribution in [2.75, 3.05) is 18.1 Å². The van der Waals surface area contributed by atoms with E-state index in [0.717, 1.165) is 0 Å². The van der Waals surface area contributed by atoms with Crippen LogP contribution < -0.4 is 20.7 Å². The molecule has 1 unspecified atom stereocenters. The number of anilines is 1. The first-order valence-corrected chi connectivity index (χ1v) is 8.85. The normalized spacial score (nSPS) is 15.7. The summed E-state index contributed by atoms with van der Waals surface area (Å²) in [6.07, 6.45) is 0.875. The Kier molecular flexibility index (Phi) is 5.30. The summed E-state index contributed by atoms with van der Waals surface area (Å²) >= 11 is 0. The van der Waals surface area contributed by atoms with E-state index in [9.17, 15) is 14.0 Å². The van der Waals surface area contributed by atoms with Crippen LogP contribution in [0.1, 0.15) is 25.3 Å². The Balaban J connectivity index is 1.96. The van der Waals surface area contributed by atoms with Gasteiger partial charge in [0.15, 0.2) is 0 Å². The average molecular weight is 371 g/mol. The van der Waals surface area contributed by atoms with Crippen LogP contribution >= 0.6 is 0 Å². The molecule has 6 nitrogen and oxygen atoms in total. The molecular weight excluding hydrogens is 349 g/mol. The minimum Gasteiger partial charge on any atom is -0.491 e. The number of amides is 3. The summed E-state index contributed by atoms with van der Waals surface area (Å²) in [5, 5.41) is 2.79. The fourth-order valence-electron chi connectivity index (χ4n) is 3.27. The second-order valence-corrected chi connectivity index (χ2v) is 6.38. The highest BCUT2D eigenvalue weighted by molar-refractivity contribution is 5.98. The number of rotatable bonds is 4. The number of primary amides is 1. The van der Waals surface area contributed by atoms with Gasteiger partial charge in [0.1, 0.15) is 17.1 Å². The van der Waals surface area contributed by atoms with Crippen molar-refractivity contribution < 1.29 is 18.7 Å². The molecule has 0 radical (unpaired) electrons. The molecule has 27 heavy (non-hydrogen) atoms. The zero-order valence-corrected chi connectivity index (χ0v) is 15.1. The molecule has 0 bridgehead atoms. The Morgan fingerprint density at radius 3 is 2.59 bits per heavy atom. The lowest BCUT2D eigenvalue weighted by atomic mass is 9.86. The molecule has 7 heteroatoms. The van der Waals surface area contributed by atoms with E-state index in [2.05, 4.69) is 5.32 Å². The van der Waals surface area contributed by atoms with Crippen molar-refractivity contribution in [3.8, 4) is 5.75 Å². The minimum absolute atomic E-state index is 0.228. The Morgan fingerprint density at radius 2 is 1.93 bits per heavy atom. The van der Waals surface area contributed by atoms with Crippen molar-refractivity contribution in [2.45, 2.75) is 25.3 Å². The smallest absolute Gasteiger partial charge is 0.323 e. The van der Waals surface area contributed by atoms with Crippen LogP contribution in [0.25, 0.3) is 0 Å². The number of carbonyl (C=O) groups excluding carboxylic acids is 2. The predicted molar refractivity (Wildman–Crippen MR) is 100.0 cm³/mol. The fourth-order valence-corrected chi connectivity index (χ4v) is 3.27. The number of fused-ring (bicyclic) bond motifs is 1. The van der Waals surface area contributed by atoms with E-state index >= 15 is 0 Å². The number of carbonyl (C=O) groups is 2. The Morgan fingerprint density at radius 1 is 1.22 bits per heavy atom. The van der Waals surface area contributed by atoms with Gasteiger partial charge in [0.2, 0.25) is 5.91 Å². The quantitative estimate of drug-likeness (QED) is 0.867. The number of hydrogen-bond acceptors (Lipinski definition) is 3. The summed E-state index contributed by atoms with van der Waals surface area (Å²) in [5.41, 5.74) is 5.29. The van der Waals surface area contributed by atoms with Crippen LogP contribution in [-0.4, -0.2) is 25.1 Å². The summed E-state index contributed by atoms with van der Waals surface area (Å²) in [4.78, 5) is 27.0. The van der Waals surface area contributed by atoms with Crippen LogP contribution in [0.2, 0.25) is 0 Å². The van der Waals surface area contributed by atoms with Crippen LogP contribution in [-0.2, 0) is 10.3 Å². The van der Waals surface area contributed by atoms with Gasteiger partial charge in [-0.25, -0.2) is 9.18 Å². The van der Waals surface area contributed by atoms with Crippen molar-refractivity contribution >= 4 is 17.6 Å². The molecule has 3 N–H and O–H groups in total. The molecule has 142 valence electrons. The highest BCUT2D eigenvalue weighted by Gasteiger charge is 2.40. The van der Waals surface area contributed by atoms with Crippen LogP contribution in [0.5, 0.6) is 5.75 Å². The first kappa shape index (κ1) is 18.7. The molecule has 0 fully saturated rings. The molecule has 1 aliphatic rings. The van der Waals surface area contributed by atoms with Gasteiger partial charge in [-0.15, -0.1) is 0 Å². The van der Waals surface area contributed by atoms with E-state index in [-0.39, 0.29) is 6.42 Å². The van der Waals surface area contributed by atoms with E-state index in [1.807, 2.05) is 12.1 Å². The molecule has 2 aromatic carbocycles. The molecule has 0 saturated heterocycles. The number of nitrogens with two attached hydrogens (primary N) is 1. The van der Waals surface area contributed by atoms with E-state index in [4.69, 9.17) is 10.5 Å². The fraction of sp³-hybridized carbons (Fsp3) is 0.300. The zero-order chi connectivity index (χ0) is 19.4. The summed E-state index contributed by atoms with van der Waals surface area (Å²) in [7, 11) is 0. The van der Waals surface area contributed by atoms with Crippen LogP contribution in [0.4, 0.5) is 14.9 Å². The molecule has 1 aliphatic heterocycles. The number of hydrogen-bond donors (Lipinski definition) is 2. The molecule has 1 heterocycles. The largest absolute Gasteiger partial charge is 0.491 e. The van der Waals surface area contributed by atoms with Gasteiger partial charge in [0.25, 0.3) is 0 Å². The maximum Gasteiger partial charge on any atom is 0.323 e. The van der Waals surface area contributed by atoms with E-state index in [1.54, 1.807) is 24.0 Å². The molecule has 0 aromatic heterocycles. The average Bonchev–Trinajstić information content (AvgIpc) is 2.89. The van der Waals surface area contributed by atoms with Crippen molar-refractivity contribution in [1.82, 2.24) is 5.32 Å². The molecule has 0 aliphatic carbocycles. The predicted octanol–water partition coefficient (Wildman–Crippen LogP) is 2.92. The number of halogens is 1. The van der Waals surface area contributed by atoms with Gasteiger partial charge < -0.3 is 15.8 Å². The van der Waals surface area contributed by atoms with Gasteiger partial charge >= 0.3 is 6.03 Å². The number of nitrogens with zero attached hydrogens (tertiary/aromatic N) is 1. The third-order valence-electron chi connectivity index (χ3n) is 4.79. The highest BCUT2D eigenvalue weighted by Crippen LogP contribution is 2.32. The summed E-state index contributed by atoms with van der Waals surface area (Å²) < 4.78 is 19.0. The van der Waals surface area contributed by atoms with Gasteiger partial charge in [-0.3, -0.25) is 9.69 Å². The maximum absolute atomic E-state index is 13.3. The van der Waals surface area contributed by atoms with Gasteiger partial charge in [-0.05, 0) is 42.7 Å². The lowest BCUT2D eigenvalue weighted by Crippen LogP contribution is -2.58. The topological polar surface area (TPSA) is 84.7 Å². The summed E-state index contributed by atoms with van der Waals surface area (Å²) in [5.74, 6) is -0.532. The minimum atomic E-state index is -1.44. The Bertz CT molecular complexity index is 841. The van der Waals surface area contributed by atoms with Crippen LogP contribution in [0.15, 0.2) is 48.5 Å². The van der Waals surface area contributed by atoms with Gasteiger partial charge in [0.05, 0.1) is 12.3 Å². The monoisotopic (exact) mass is 371 g/mol. The number of nitrogens with one attached hydrogen (secondary N) is 1. The van der Waals surface area contributed by atoms with Crippen LogP contribution in [0, 0.1) is 5.82 Å². The van der Waals surface area contributed by atoms with Gasteiger partial charge in [0, 0.05) is 6.54 Å². The van der Waals surface area contributed by atoms with E-state index < -0.39 is 23.3 Å². The lowest BCUT2D eigenvalue weighted by Gasteiger charge is -2.34. The van der Waals surface area contributed by atoms with Crippen LogP contribution in [0.3, 0.4) is 0 Å². The third-order valence-corrected chi connectivity index (χ3v) is 4.79. The second-order valence-electron chi connectivity index (χ2n) is 6.38. The molecular formula is C20H22FN3O3. The second kappa shape index (κ2) is 7.65. The molecule has 3 rings (SSSR count). The molecule has 0 spiro atoms. The Hall–Kier alpha value is -3.09. The van der Waals surface area contributed by atoms with Gasteiger partial charge in [-0.2, -0.15) is 0 Å². The molecule has 1 atom stereocenters. The lowest BCUT2D eigenvalue weighted by molar-refractivity contribution is -0.124. The standard InChI is InChI=1S/C20H22FN3O3/c1-2-20(18(22)25,14-8-10-15(21)11-9-14)23-19(26)24-12-5-13-27-17-7-4-3-6-16(17)24/h3-4,6-11H,2,5,12-13H2,1H3,(H2,22,25)(H,23,26). The maximum atomic E-state index is 13.3. The van der Waals surface area contributed by atoms with Crippen molar-refractivity contribution in [3.63, 3.8) is 0 Å². The number of para-hydroxylation sites is 2. The summed E-state index contributed by atoms with van der Waals surface area (Å²) in [6, 6.07) is 12.2. The van der Waals surface area contributed by atoms with Gasteiger partial charge in [-0.1, -0.05) is 31.2 Å². The number of urea groups is 1.